The van der Waals surface area contributed by atoms with Crippen molar-refractivity contribution in [2.24, 2.45) is 5.73 Å². The minimum absolute atomic E-state index is 0.0345. The maximum absolute atomic E-state index is 12.1. The highest BCUT2D eigenvalue weighted by molar-refractivity contribution is 6.42. The highest BCUT2D eigenvalue weighted by Crippen LogP contribution is 2.31. The lowest BCUT2D eigenvalue weighted by molar-refractivity contribution is 0.0290. The van der Waals surface area contributed by atoms with E-state index in [-0.39, 0.29) is 18.1 Å². The van der Waals surface area contributed by atoms with Crippen molar-refractivity contribution in [2.75, 3.05) is 13.1 Å². The molecular formula is C15H20Cl2N2O2. The van der Waals surface area contributed by atoms with E-state index < -0.39 is 5.60 Å². The van der Waals surface area contributed by atoms with E-state index in [1.807, 2.05) is 32.9 Å². The SMILES string of the molecule is CC(C)(C)OC(=O)N1C[C@H](c2ccc(Cl)c(Cl)c2)[C@@H](N)C1. The van der Waals surface area contributed by atoms with Gasteiger partial charge in [0.1, 0.15) is 5.60 Å². The molecule has 1 aliphatic rings. The first-order chi connectivity index (χ1) is 9.67. The maximum atomic E-state index is 12.1. The Bertz CT molecular complexity index is 543. The highest BCUT2D eigenvalue weighted by Gasteiger charge is 2.36. The number of halogens is 2. The molecule has 0 bridgehead atoms. The quantitative estimate of drug-likeness (QED) is 0.854. The Morgan fingerprint density at radius 1 is 1.29 bits per heavy atom. The molecule has 21 heavy (non-hydrogen) atoms. The van der Waals surface area contributed by atoms with Gasteiger partial charge in [0.25, 0.3) is 0 Å². The molecule has 1 heterocycles. The number of hydrogen-bond donors (Lipinski definition) is 1. The van der Waals surface area contributed by atoms with Crippen LogP contribution in [0.5, 0.6) is 0 Å². The zero-order valence-corrected chi connectivity index (χ0v) is 13.9. The van der Waals surface area contributed by atoms with Crippen LogP contribution in [-0.4, -0.2) is 35.7 Å². The lowest BCUT2D eigenvalue weighted by Gasteiger charge is -2.24. The Labute approximate surface area is 135 Å². The van der Waals surface area contributed by atoms with Crippen molar-refractivity contribution in [3.05, 3.63) is 33.8 Å². The molecule has 0 radical (unpaired) electrons. The molecule has 2 N–H and O–H groups in total. The van der Waals surface area contributed by atoms with Gasteiger partial charge in [-0.25, -0.2) is 4.79 Å². The number of carbonyl (C=O) groups is 1. The number of amides is 1. The number of carbonyl (C=O) groups excluding carboxylic acids is 1. The van der Waals surface area contributed by atoms with Crippen LogP contribution in [0.15, 0.2) is 18.2 Å². The Balaban J connectivity index is 2.10. The summed E-state index contributed by atoms with van der Waals surface area (Å²) in [5.74, 6) is 0.0345. The molecule has 0 aromatic heterocycles. The van der Waals surface area contributed by atoms with E-state index in [9.17, 15) is 4.79 Å². The summed E-state index contributed by atoms with van der Waals surface area (Å²) < 4.78 is 5.38. The van der Waals surface area contributed by atoms with E-state index >= 15 is 0 Å². The number of likely N-dealkylation sites (tertiary alicyclic amines) is 1. The summed E-state index contributed by atoms with van der Waals surface area (Å²) in [7, 11) is 0. The van der Waals surface area contributed by atoms with Crippen molar-refractivity contribution in [3.63, 3.8) is 0 Å². The van der Waals surface area contributed by atoms with Gasteiger partial charge < -0.3 is 15.4 Å². The summed E-state index contributed by atoms with van der Waals surface area (Å²) in [6.45, 7) is 6.53. The van der Waals surface area contributed by atoms with Crippen molar-refractivity contribution in [1.82, 2.24) is 4.90 Å². The molecule has 0 spiro atoms. The average Bonchev–Trinajstić information content (AvgIpc) is 2.73. The van der Waals surface area contributed by atoms with Crippen LogP contribution in [0, 0.1) is 0 Å². The van der Waals surface area contributed by atoms with Crippen molar-refractivity contribution < 1.29 is 9.53 Å². The third-order valence-electron chi connectivity index (χ3n) is 3.39. The average molecular weight is 331 g/mol. The summed E-state index contributed by atoms with van der Waals surface area (Å²) in [5, 5.41) is 1.01. The third-order valence-corrected chi connectivity index (χ3v) is 4.13. The van der Waals surface area contributed by atoms with Crippen molar-refractivity contribution in [1.29, 1.82) is 0 Å². The first kappa shape index (κ1) is 16.4. The van der Waals surface area contributed by atoms with Gasteiger partial charge in [0.05, 0.1) is 10.0 Å². The van der Waals surface area contributed by atoms with Gasteiger partial charge >= 0.3 is 6.09 Å². The van der Waals surface area contributed by atoms with Gasteiger partial charge in [-0.1, -0.05) is 29.3 Å². The van der Waals surface area contributed by atoms with Gasteiger partial charge in [-0.05, 0) is 38.5 Å². The van der Waals surface area contributed by atoms with Gasteiger partial charge in [-0.3, -0.25) is 0 Å². The minimum Gasteiger partial charge on any atom is -0.444 e. The van der Waals surface area contributed by atoms with Gasteiger partial charge in [-0.2, -0.15) is 0 Å². The Kier molecular flexibility index (Phi) is 4.71. The van der Waals surface area contributed by atoms with Crippen LogP contribution >= 0.6 is 23.2 Å². The largest absolute Gasteiger partial charge is 0.444 e. The smallest absolute Gasteiger partial charge is 0.410 e. The fourth-order valence-electron chi connectivity index (χ4n) is 2.40. The Morgan fingerprint density at radius 3 is 2.52 bits per heavy atom. The maximum Gasteiger partial charge on any atom is 0.410 e. The van der Waals surface area contributed by atoms with Crippen LogP contribution in [-0.2, 0) is 4.74 Å². The molecule has 2 rings (SSSR count). The number of hydrogen-bond acceptors (Lipinski definition) is 3. The van der Waals surface area contributed by atoms with Crippen molar-refractivity contribution in [2.45, 2.75) is 38.3 Å². The monoisotopic (exact) mass is 330 g/mol. The molecule has 1 aliphatic heterocycles. The summed E-state index contributed by atoms with van der Waals surface area (Å²) >= 11 is 12.0. The second kappa shape index (κ2) is 6.03. The predicted octanol–water partition coefficient (Wildman–Crippen LogP) is 3.66. The second-order valence-corrected chi connectivity index (χ2v) is 7.14. The number of benzene rings is 1. The van der Waals surface area contributed by atoms with E-state index in [1.165, 1.54) is 0 Å². The van der Waals surface area contributed by atoms with Crippen LogP contribution in [0.4, 0.5) is 4.79 Å². The summed E-state index contributed by atoms with van der Waals surface area (Å²) in [6, 6.07) is 5.32. The van der Waals surface area contributed by atoms with E-state index in [0.29, 0.717) is 23.1 Å². The van der Waals surface area contributed by atoms with Gasteiger partial charge in [0, 0.05) is 25.0 Å². The number of nitrogens with two attached hydrogens (primary N) is 1. The van der Waals surface area contributed by atoms with Crippen molar-refractivity contribution in [3.8, 4) is 0 Å². The molecule has 1 saturated heterocycles. The molecule has 1 amide bonds. The normalized spacial score (nSPS) is 22.5. The first-order valence-electron chi connectivity index (χ1n) is 6.86. The molecule has 4 nitrogen and oxygen atoms in total. The fourth-order valence-corrected chi connectivity index (χ4v) is 2.71. The third kappa shape index (κ3) is 4.02. The molecule has 2 atom stereocenters. The lowest BCUT2D eigenvalue weighted by atomic mass is 9.95. The van der Waals surface area contributed by atoms with E-state index in [4.69, 9.17) is 33.7 Å². The molecule has 0 aliphatic carbocycles. The summed E-state index contributed by atoms with van der Waals surface area (Å²) in [6.07, 6.45) is -0.333. The molecule has 6 heteroatoms. The standard InChI is InChI=1S/C15H20Cl2N2O2/c1-15(2,3)21-14(20)19-7-10(13(18)8-19)9-4-5-11(16)12(17)6-9/h4-6,10,13H,7-8,18H2,1-3H3/t10-,13+/m1/s1. The highest BCUT2D eigenvalue weighted by atomic mass is 35.5. The lowest BCUT2D eigenvalue weighted by Crippen LogP contribution is -2.36. The van der Waals surface area contributed by atoms with E-state index in [0.717, 1.165) is 5.56 Å². The minimum atomic E-state index is -0.511. The fraction of sp³-hybridized carbons (Fsp3) is 0.533. The number of nitrogens with zero attached hydrogens (tertiary/aromatic N) is 1. The number of rotatable bonds is 1. The molecule has 0 unspecified atom stereocenters. The van der Waals surface area contributed by atoms with Gasteiger partial charge in [0.2, 0.25) is 0 Å². The molecule has 1 aromatic carbocycles. The number of ether oxygens (including phenoxy) is 1. The summed E-state index contributed by atoms with van der Waals surface area (Å²) in [4.78, 5) is 13.7. The Morgan fingerprint density at radius 2 is 1.95 bits per heavy atom. The van der Waals surface area contributed by atoms with Crippen LogP contribution in [0.2, 0.25) is 10.0 Å². The molecule has 1 fully saturated rings. The Hall–Kier alpha value is -0.970. The van der Waals surface area contributed by atoms with Gasteiger partial charge in [0.15, 0.2) is 0 Å². The topological polar surface area (TPSA) is 55.6 Å². The first-order valence-corrected chi connectivity index (χ1v) is 7.61. The molecular weight excluding hydrogens is 311 g/mol. The van der Waals surface area contributed by atoms with Crippen LogP contribution in [0.3, 0.4) is 0 Å². The summed E-state index contributed by atoms with van der Waals surface area (Å²) in [5.41, 5.74) is 6.64. The zero-order valence-electron chi connectivity index (χ0n) is 12.4. The van der Waals surface area contributed by atoms with Crippen LogP contribution < -0.4 is 5.73 Å². The molecule has 0 saturated carbocycles. The zero-order chi connectivity index (χ0) is 15.8. The van der Waals surface area contributed by atoms with E-state index in [1.54, 1.807) is 11.0 Å². The van der Waals surface area contributed by atoms with Gasteiger partial charge in [-0.15, -0.1) is 0 Å². The second-order valence-electron chi connectivity index (χ2n) is 6.33. The van der Waals surface area contributed by atoms with Crippen molar-refractivity contribution >= 4 is 29.3 Å². The van der Waals surface area contributed by atoms with Crippen LogP contribution in [0.1, 0.15) is 32.3 Å². The van der Waals surface area contributed by atoms with E-state index in [2.05, 4.69) is 0 Å². The van der Waals surface area contributed by atoms with Crippen LogP contribution in [0.25, 0.3) is 0 Å². The molecule has 116 valence electrons. The predicted molar refractivity (Wildman–Crippen MR) is 85.0 cm³/mol. The molecule has 1 aromatic rings.